The van der Waals surface area contributed by atoms with Crippen LogP contribution in [0.5, 0.6) is 0 Å². The summed E-state index contributed by atoms with van der Waals surface area (Å²) in [4.78, 5) is 14.2. The van der Waals surface area contributed by atoms with E-state index in [-0.39, 0.29) is 10.8 Å². The van der Waals surface area contributed by atoms with Crippen molar-refractivity contribution in [2.75, 3.05) is 17.8 Å². The first kappa shape index (κ1) is 19.0. The number of sulfonamides is 1. The SMILES string of the molecule is CCN(CC)C(=O)c1ccc(NS(=O)(=O)c2ccc(C)c(C)c2)cc1. The Morgan fingerprint density at radius 3 is 2.08 bits per heavy atom. The normalized spacial score (nSPS) is 11.2. The lowest BCUT2D eigenvalue weighted by Crippen LogP contribution is -2.30. The van der Waals surface area contributed by atoms with E-state index in [0.717, 1.165) is 11.1 Å². The van der Waals surface area contributed by atoms with Gasteiger partial charge in [0.2, 0.25) is 0 Å². The molecule has 0 spiro atoms. The molecule has 0 unspecified atom stereocenters. The highest BCUT2D eigenvalue weighted by molar-refractivity contribution is 7.92. The van der Waals surface area contributed by atoms with E-state index in [4.69, 9.17) is 0 Å². The Morgan fingerprint density at radius 1 is 0.960 bits per heavy atom. The van der Waals surface area contributed by atoms with Crippen molar-refractivity contribution in [2.24, 2.45) is 0 Å². The molecule has 2 aromatic rings. The first-order valence-corrected chi connectivity index (χ1v) is 9.76. The smallest absolute Gasteiger partial charge is 0.261 e. The van der Waals surface area contributed by atoms with Crippen LogP contribution in [-0.2, 0) is 10.0 Å². The molecule has 1 amide bonds. The number of rotatable bonds is 6. The maximum absolute atomic E-state index is 12.5. The summed E-state index contributed by atoms with van der Waals surface area (Å²) in [5.74, 6) is -0.0615. The van der Waals surface area contributed by atoms with E-state index in [1.807, 2.05) is 27.7 Å². The first-order valence-electron chi connectivity index (χ1n) is 8.28. The minimum absolute atomic E-state index is 0.0615. The molecule has 0 radical (unpaired) electrons. The van der Waals surface area contributed by atoms with E-state index in [9.17, 15) is 13.2 Å². The van der Waals surface area contributed by atoms with Gasteiger partial charge >= 0.3 is 0 Å². The number of carbonyl (C=O) groups excluding carboxylic acids is 1. The fourth-order valence-electron chi connectivity index (χ4n) is 2.47. The van der Waals surface area contributed by atoms with E-state index < -0.39 is 10.0 Å². The molecular weight excluding hydrogens is 336 g/mol. The molecule has 0 heterocycles. The van der Waals surface area contributed by atoms with Crippen LogP contribution in [0.25, 0.3) is 0 Å². The third-order valence-corrected chi connectivity index (χ3v) is 5.60. The van der Waals surface area contributed by atoms with Crippen molar-refractivity contribution in [3.05, 3.63) is 59.2 Å². The third kappa shape index (κ3) is 4.39. The molecule has 1 N–H and O–H groups in total. The highest BCUT2D eigenvalue weighted by Crippen LogP contribution is 2.19. The van der Waals surface area contributed by atoms with E-state index in [0.29, 0.717) is 24.3 Å². The molecule has 0 aliphatic rings. The van der Waals surface area contributed by atoms with Crippen LogP contribution in [0.15, 0.2) is 47.4 Å². The van der Waals surface area contributed by atoms with Crippen molar-refractivity contribution < 1.29 is 13.2 Å². The molecular formula is C19H24N2O3S. The summed E-state index contributed by atoms with van der Waals surface area (Å²) in [6.07, 6.45) is 0. The van der Waals surface area contributed by atoms with Crippen LogP contribution in [0.4, 0.5) is 5.69 Å². The molecule has 0 aliphatic carbocycles. The van der Waals surface area contributed by atoms with Crippen molar-refractivity contribution >= 4 is 21.6 Å². The van der Waals surface area contributed by atoms with Crippen LogP contribution < -0.4 is 4.72 Å². The summed E-state index contributed by atoms with van der Waals surface area (Å²) in [6, 6.07) is 11.5. The lowest BCUT2D eigenvalue weighted by Gasteiger charge is -2.18. The number of nitrogens with one attached hydrogen (secondary N) is 1. The maximum Gasteiger partial charge on any atom is 0.261 e. The first-order chi connectivity index (χ1) is 11.8. The fourth-order valence-corrected chi connectivity index (χ4v) is 3.61. The van der Waals surface area contributed by atoms with Gasteiger partial charge in [0.25, 0.3) is 15.9 Å². The lowest BCUT2D eigenvalue weighted by atomic mass is 10.1. The molecule has 0 bridgehead atoms. The number of benzene rings is 2. The topological polar surface area (TPSA) is 66.5 Å². The zero-order valence-corrected chi connectivity index (χ0v) is 15.9. The van der Waals surface area contributed by atoms with Gasteiger partial charge in [0.1, 0.15) is 0 Å². The standard InChI is InChI=1S/C19H24N2O3S/c1-5-21(6-2)19(22)16-8-10-17(11-9-16)20-25(23,24)18-12-7-14(3)15(4)13-18/h7-13,20H,5-6H2,1-4H3. The Labute approximate surface area is 149 Å². The van der Waals surface area contributed by atoms with Gasteiger partial charge in [-0.25, -0.2) is 8.42 Å². The van der Waals surface area contributed by atoms with Gasteiger partial charge in [-0.1, -0.05) is 6.07 Å². The molecule has 0 fully saturated rings. The van der Waals surface area contributed by atoms with Gasteiger partial charge in [0, 0.05) is 24.3 Å². The van der Waals surface area contributed by atoms with Gasteiger partial charge in [0.15, 0.2) is 0 Å². The van der Waals surface area contributed by atoms with Crippen LogP contribution >= 0.6 is 0 Å². The number of hydrogen-bond acceptors (Lipinski definition) is 3. The van der Waals surface area contributed by atoms with Crippen molar-refractivity contribution in [1.29, 1.82) is 0 Å². The van der Waals surface area contributed by atoms with Crippen molar-refractivity contribution in [1.82, 2.24) is 4.90 Å². The molecule has 0 atom stereocenters. The molecule has 0 saturated heterocycles. The molecule has 134 valence electrons. The van der Waals surface area contributed by atoms with Crippen molar-refractivity contribution in [3.63, 3.8) is 0 Å². The molecule has 5 nitrogen and oxygen atoms in total. The minimum atomic E-state index is -3.66. The predicted molar refractivity (Wildman–Crippen MR) is 100 cm³/mol. The van der Waals surface area contributed by atoms with Crippen LogP contribution in [0, 0.1) is 13.8 Å². The van der Waals surface area contributed by atoms with Gasteiger partial charge in [0.05, 0.1) is 4.90 Å². The molecule has 0 aliphatic heterocycles. The Hall–Kier alpha value is -2.34. The number of carbonyl (C=O) groups is 1. The summed E-state index contributed by atoms with van der Waals surface area (Å²) in [6.45, 7) is 8.93. The monoisotopic (exact) mass is 360 g/mol. The average Bonchev–Trinajstić information content (AvgIpc) is 2.58. The molecule has 6 heteroatoms. The summed E-state index contributed by atoms with van der Waals surface area (Å²) >= 11 is 0. The van der Waals surface area contributed by atoms with E-state index in [1.165, 1.54) is 0 Å². The average molecular weight is 360 g/mol. The highest BCUT2D eigenvalue weighted by Gasteiger charge is 2.16. The second-order valence-corrected chi connectivity index (χ2v) is 7.59. The highest BCUT2D eigenvalue weighted by atomic mass is 32.2. The number of hydrogen-bond donors (Lipinski definition) is 1. The van der Waals surface area contributed by atoms with Crippen LogP contribution in [0.3, 0.4) is 0 Å². The second-order valence-electron chi connectivity index (χ2n) is 5.91. The summed E-state index contributed by atoms with van der Waals surface area (Å²) in [5, 5.41) is 0. The van der Waals surface area contributed by atoms with Gasteiger partial charge in [-0.05, 0) is 75.2 Å². The van der Waals surface area contributed by atoms with Crippen molar-refractivity contribution in [2.45, 2.75) is 32.6 Å². The lowest BCUT2D eigenvalue weighted by molar-refractivity contribution is 0.0773. The maximum atomic E-state index is 12.5. The minimum Gasteiger partial charge on any atom is -0.339 e. The van der Waals surface area contributed by atoms with Gasteiger partial charge < -0.3 is 4.90 Å². The number of nitrogens with zero attached hydrogens (tertiary/aromatic N) is 1. The van der Waals surface area contributed by atoms with E-state index in [1.54, 1.807) is 47.4 Å². The Morgan fingerprint density at radius 2 is 1.56 bits per heavy atom. The third-order valence-electron chi connectivity index (χ3n) is 4.22. The molecule has 25 heavy (non-hydrogen) atoms. The molecule has 0 aromatic heterocycles. The summed E-state index contributed by atoms with van der Waals surface area (Å²) < 4.78 is 27.5. The van der Waals surface area contributed by atoms with Crippen molar-refractivity contribution in [3.8, 4) is 0 Å². The molecule has 2 aromatic carbocycles. The van der Waals surface area contributed by atoms with Gasteiger partial charge in [-0.15, -0.1) is 0 Å². The van der Waals surface area contributed by atoms with Crippen LogP contribution in [0.1, 0.15) is 35.3 Å². The summed E-state index contributed by atoms with van der Waals surface area (Å²) in [7, 11) is -3.66. The number of amides is 1. The fraction of sp³-hybridized carbons (Fsp3) is 0.316. The zero-order valence-electron chi connectivity index (χ0n) is 15.0. The van der Waals surface area contributed by atoms with Gasteiger partial charge in [-0.3, -0.25) is 9.52 Å². The zero-order chi connectivity index (χ0) is 18.6. The van der Waals surface area contributed by atoms with Crippen LogP contribution in [0.2, 0.25) is 0 Å². The predicted octanol–water partition coefficient (Wildman–Crippen LogP) is 3.59. The van der Waals surface area contributed by atoms with Crippen LogP contribution in [-0.4, -0.2) is 32.3 Å². The number of aryl methyl sites for hydroxylation is 2. The molecule has 0 saturated carbocycles. The van der Waals surface area contributed by atoms with E-state index in [2.05, 4.69) is 4.72 Å². The Bertz CT molecular complexity index is 855. The van der Waals surface area contributed by atoms with Gasteiger partial charge in [-0.2, -0.15) is 0 Å². The molecule has 2 rings (SSSR count). The Kier molecular flexibility index (Phi) is 5.85. The quantitative estimate of drug-likeness (QED) is 0.856. The second kappa shape index (κ2) is 7.70. The number of anilines is 1. The Balaban J connectivity index is 2.20. The largest absolute Gasteiger partial charge is 0.339 e. The summed E-state index contributed by atoms with van der Waals surface area (Å²) in [5.41, 5.74) is 2.92. The van der Waals surface area contributed by atoms with E-state index >= 15 is 0 Å².